The average Bonchev–Trinajstić information content (AvgIpc) is 2.34. The first-order chi connectivity index (χ1) is 8.26. The van der Waals surface area contributed by atoms with Crippen molar-refractivity contribution in [2.45, 2.75) is 65.2 Å². The monoisotopic (exact) mass is 242 g/mol. The lowest BCUT2D eigenvalue weighted by molar-refractivity contribution is -0.125. The zero-order valence-electron chi connectivity index (χ0n) is 11.6. The summed E-state index contributed by atoms with van der Waals surface area (Å²) in [6.07, 6.45) is 8.84. The quantitative estimate of drug-likeness (QED) is 0.547. The molecule has 0 radical (unpaired) electrons. The third-order valence-corrected chi connectivity index (χ3v) is 3.20. The third-order valence-electron chi connectivity index (χ3n) is 3.20. The highest BCUT2D eigenvalue weighted by molar-refractivity contribution is 5.78. The second kappa shape index (κ2) is 11.9. The van der Waals surface area contributed by atoms with Crippen molar-refractivity contribution in [2.75, 3.05) is 13.1 Å². The van der Waals surface area contributed by atoms with Crippen LogP contribution in [0.25, 0.3) is 0 Å². The van der Waals surface area contributed by atoms with E-state index in [1.54, 1.807) is 0 Å². The summed E-state index contributed by atoms with van der Waals surface area (Å²) >= 11 is 0. The molecule has 17 heavy (non-hydrogen) atoms. The molecule has 0 aliphatic carbocycles. The Morgan fingerprint density at radius 3 is 2.41 bits per heavy atom. The fourth-order valence-electron chi connectivity index (χ4n) is 1.95. The molecule has 0 heterocycles. The Balaban J connectivity index is 3.54. The number of amides is 1. The van der Waals surface area contributed by atoms with Crippen molar-refractivity contribution in [3.8, 4) is 0 Å². The smallest absolute Gasteiger partial charge is 0.223 e. The Kier molecular flexibility index (Phi) is 11.5. The molecule has 3 nitrogen and oxygen atoms in total. The zero-order valence-corrected chi connectivity index (χ0v) is 11.6. The van der Waals surface area contributed by atoms with E-state index < -0.39 is 0 Å². The molecule has 0 aromatic heterocycles. The van der Waals surface area contributed by atoms with E-state index in [1.165, 1.54) is 19.3 Å². The van der Waals surface area contributed by atoms with Gasteiger partial charge >= 0.3 is 0 Å². The first-order valence-corrected chi connectivity index (χ1v) is 7.24. The first-order valence-electron chi connectivity index (χ1n) is 7.24. The van der Waals surface area contributed by atoms with Gasteiger partial charge in [-0.1, -0.05) is 39.5 Å². The molecule has 0 aliphatic rings. The number of nitrogens with one attached hydrogen (secondary N) is 1. The van der Waals surface area contributed by atoms with E-state index in [-0.39, 0.29) is 11.8 Å². The highest BCUT2D eigenvalue weighted by Gasteiger charge is 2.14. The minimum atomic E-state index is 0.221. The van der Waals surface area contributed by atoms with E-state index in [0.29, 0.717) is 0 Å². The Morgan fingerprint density at radius 1 is 1.12 bits per heavy atom. The maximum Gasteiger partial charge on any atom is 0.223 e. The number of unbranched alkanes of at least 4 members (excludes halogenated alkanes) is 4. The van der Waals surface area contributed by atoms with Crippen LogP contribution in [0.2, 0.25) is 0 Å². The van der Waals surface area contributed by atoms with Crippen LogP contribution in [-0.2, 0) is 4.79 Å². The second-order valence-corrected chi connectivity index (χ2v) is 4.74. The molecule has 0 aliphatic heterocycles. The van der Waals surface area contributed by atoms with Crippen molar-refractivity contribution < 1.29 is 4.79 Å². The predicted octanol–water partition coefficient (Wildman–Crippen LogP) is 2.84. The molecule has 1 amide bonds. The van der Waals surface area contributed by atoms with E-state index >= 15 is 0 Å². The number of hydrogen-bond acceptors (Lipinski definition) is 2. The van der Waals surface area contributed by atoms with E-state index in [1.807, 2.05) is 0 Å². The molecule has 3 heteroatoms. The molecule has 0 spiro atoms. The Bertz CT molecular complexity index is 183. The van der Waals surface area contributed by atoms with Crippen LogP contribution in [0.3, 0.4) is 0 Å². The molecule has 0 aromatic rings. The van der Waals surface area contributed by atoms with Crippen molar-refractivity contribution in [1.82, 2.24) is 5.32 Å². The lowest BCUT2D eigenvalue weighted by atomic mass is 9.98. The van der Waals surface area contributed by atoms with E-state index in [0.717, 1.165) is 45.2 Å². The summed E-state index contributed by atoms with van der Waals surface area (Å²) in [5.74, 6) is 0.471. The van der Waals surface area contributed by atoms with Crippen molar-refractivity contribution >= 4 is 5.91 Å². The van der Waals surface area contributed by atoms with Crippen molar-refractivity contribution in [1.29, 1.82) is 0 Å². The predicted molar refractivity (Wildman–Crippen MR) is 73.8 cm³/mol. The van der Waals surface area contributed by atoms with Gasteiger partial charge in [0.25, 0.3) is 0 Å². The van der Waals surface area contributed by atoms with Gasteiger partial charge in [-0.15, -0.1) is 0 Å². The van der Waals surface area contributed by atoms with Gasteiger partial charge in [0.05, 0.1) is 0 Å². The van der Waals surface area contributed by atoms with Crippen LogP contribution >= 0.6 is 0 Å². The second-order valence-electron chi connectivity index (χ2n) is 4.74. The Labute approximate surface area is 107 Å². The highest BCUT2D eigenvalue weighted by Crippen LogP contribution is 2.12. The largest absolute Gasteiger partial charge is 0.356 e. The zero-order chi connectivity index (χ0) is 12.9. The van der Waals surface area contributed by atoms with Gasteiger partial charge in [-0.2, -0.15) is 0 Å². The number of nitrogens with two attached hydrogens (primary N) is 1. The summed E-state index contributed by atoms with van der Waals surface area (Å²) in [5.41, 5.74) is 5.43. The van der Waals surface area contributed by atoms with Gasteiger partial charge in [0.1, 0.15) is 0 Å². The van der Waals surface area contributed by atoms with Gasteiger partial charge in [-0.05, 0) is 32.2 Å². The van der Waals surface area contributed by atoms with Gasteiger partial charge < -0.3 is 11.1 Å². The van der Waals surface area contributed by atoms with Crippen LogP contribution in [-0.4, -0.2) is 19.0 Å². The summed E-state index contributed by atoms with van der Waals surface area (Å²) in [4.78, 5) is 11.8. The van der Waals surface area contributed by atoms with Crippen molar-refractivity contribution in [3.05, 3.63) is 0 Å². The van der Waals surface area contributed by atoms with Gasteiger partial charge in [-0.25, -0.2) is 0 Å². The SMILES string of the molecule is CCCCC(CC)C(=O)NCCCCCCN. The molecule has 0 aromatic carbocycles. The molecule has 0 fully saturated rings. The lowest BCUT2D eigenvalue weighted by Gasteiger charge is -2.14. The molecule has 3 N–H and O–H groups in total. The molecular formula is C14H30N2O. The molecular weight excluding hydrogens is 212 g/mol. The summed E-state index contributed by atoms with van der Waals surface area (Å²) < 4.78 is 0. The first kappa shape index (κ1) is 16.4. The molecule has 102 valence electrons. The molecule has 0 bridgehead atoms. The van der Waals surface area contributed by atoms with Crippen LogP contribution in [0.5, 0.6) is 0 Å². The number of carbonyl (C=O) groups is 1. The third kappa shape index (κ3) is 9.16. The minimum absolute atomic E-state index is 0.221. The fourth-order valence-corrected chi connectivity index (χ4v) is 1.95. The van der Waals surface area contributed by atoms with Crippen molar-refractivity contribution in [3.63, 3.8) is 0 Å². The summed E-state index contributed by atoms with van der Waals surface area (Å²) in [5, 5.41) is 3.05. The van der Waals surface area contributed by atoms with Crippen LogP contribution in [0.4, 0.5) is 0 Å². The number of rotatable bonds is 11. The summed E-state index contributed by atoms with van der Waals surface area (Å²) in [7, 11) is 0. The number of carbonyl (C=O) groups excluding carboxylic acids is 1. The number of hydrogen-bond donors (Lipinski definition) is 2. The Hall–Kier alpha value is -0.570. The van der Waals surface area contributed by atoms with Crippen LogP contribution < -0.4 is 11.1 Å². The molecule has 0 rings (SSSR count). The molecule has 0 saturated heterocycles. The normalized spacial score (nSPS) is 12.4. The average molecular weight is 242 g/mol. The Morgan fingerprint density at radius 2 is 1.82 bits per heavy atom. The van der Waals surface area contributed by atoms with E-state index in [4.69, 9.17) is 5.73 Å². The molecule has 0 saturated carbocycles. The van der Waals surface area contributed by atoms with Crippen LogP contribution in [0.15, 0.2) is 0 Å². The van der Waals surface area contributed by atoms with E-state index in [2.05, 4.69) is 19.2 Å². The van der Waals surface area contributed by atoms with Crippen LogP contribution in [0, 0.1) is 5.92 Å². The summed E-state index contributed by atoms with van der Waals surface area (Å²) in [6.45, 7) is 5.87. The van der Waals surface area contributed by atoms with Crippen molar-refractivity contribution in [2.24, 2.45) is 11.7 Å². The van der Waals surface area contributed by atoms with Gasteiger partial charge in [0.15, 0.2) is 0 Å². The van der Waals surface area contributed by atoms with Gasteiger partial charge in [0, 0.05) is 12.5 Å². The van der Waals surface area contributed by atoms with E-state index in [9.17, 15) is 4.79 Å². The van der Waals surface area contributed by atoms with Crippen LogP contribution in [0.1, 0.15) is 65.2 Å². The minimum Gasteiger partial charge on any atom is -0.356 e. The fraction of sp³-hybridized carbons (Fsp3) is 0.929. The highest BCUT2D eigenvalue weighted by atomic mass is 16.1. The summed E-state index contributed by atoms with van der Waals surface area (Å²) in [6, 6.07) is 0. The maximum absolute atomic E-state index is 11.8. The van der Waals surface area contributed by atoms with Gasteiger partial charge in [0.2, 0.25) is 5.91 Å². The molecule has 1 unspecified atom stereocenters. The topological polar surface area (TPSA) is 55.1 Å². The lowest BCUT2D eigenvalue weighted by Crippen LogP contribution is -2.31. The van der Waals surface area contributed by atoms with Gasteiger partial charge in [-0.3, -0.25) is 4.79 Å². The molecule has 1 atom stereocenters. The standard InChI is InChI=1S/C14H30N2O/c1-3-5-10-13(4-2)14(17)16-12-9-7-6-8-11-15/h13H,3-12,15H2,1-2H3,(H,16,17). The maximum atomic E-state index is 11.8.